The fourth-order valence-electron chi connectivity index (χ4n) is 11.4. The van der Waals surface area contributed by atoms with Gasteiger partial charge in [-0.3, -0.25) is 0 Å². The van der Waals surface area contributed by atoms with Gasteiger partial charge in [0, 0.05) is 23.3 Å². The Bertz CT molecular complexity index is 1330. The van der Waals surface area contributed by atoms with E-state index in [1.807, 2.05) is 13.8 Å². The molecule has 284 valence electrons. The van der Waals surface area contributed by atoms with Crippen LogP contribution in [0, 0.1) is 28.6 Å². The highest BCUT2D eigenvalue weighted by Crippen LogP contribution is 2.70. The van der Waals surface area contributed by atoms with Gasteiger partial charge in [0.2, 0.25) is 0 Å². The molecule has 0 aromatic heterocycles. The number of aliphatic hydroxyl groups is 9. The van der Waals surface area contributed by atoms with Crippen molar-refractivity contribution in [2.75, 3.05) is 13.2 Å². The summed E-state index contributed by atoms with van der Waals surface area (Å²) in [5.41, 5.74) is -2.89. The number of rotatable bonds is 6. The van der Waals surface area contributed by atoms with Crippen LogP contribution in [0.15, 0.2) is 11.6 Å². The topological polar surface area (TPSA) is 245 Å². The summed E-state index contributed by atoms with van der Waals surface area (Å²) >= 11 is 0. The lowest BCUT2D eigenvalue weighted by atomic mass is 9.41. The largest absolute Gasteiger partial charge is 0.458 e. The van der Waals surface area contributed by atoms with Gasteiger partial charge in [-0.05, 0) is 75.2 Å². The maximum absolute atomic E-state index is 12.5. The Hall–Kier alpha value is -1.31. The third-order valence-corrected chi connectivity index (χ3v) is 14.3. The third kappa shape index (κ3) is 5.45. The number of ether oxygens (including phenoxy) is 5. The van der Waals surface area contributed by atoms with Crippen LogP contribution in [0.5, 0.6) is 0 Å². The van der Waals surface area contributed by atoms with Crippen molar-refractivity contribution in [3.63, 3.8) is 0 Å². The summed E-state index contributed by atoms with van der Waals surface area (Å²) in [4.78, 5) is 11.9. The maximum Gasteiger partial charge on any atom is 0.331 e. The van der Waals surface area contributed by atoms with E-state index < -0.39 is 102 Å². The van der Waals surface area contributed by atoms with Crippen molar-refractivity contribution in [3.05, 3.63) is 11.6 Å². The third-order valence-electron chi connectivity index (χ3n) is 14.3. The first-order valence-corrected chi connectivity index (χ1v) is 18.1. The van der Waals surface area contributed by atoms with Crippen LogP contribution in [-0.4, -0.2) is 150 Å². The molecule has 15 heteroatoms. The maximum atomic E-state index is 12.5. The summed E-state index contributed by atoms with van der Waals surface area (Å²) in [7, 11) is 0. The van der Waals surface area contributed by atoms with E-state index >= 15 is 0 Å². The van der Waals surface area contributed by atoms with Crippen molar-refractivity contribution in [1.29, 1.82) is 0 Å². The monoisotopic (exact) mass is 714 g/mol. The van der Waals surface area contributed by atoms with Crippen LogP contribution in [-0.2, 0) is 28.5 Å². The molecule has 50 heavy (non-hydrogen) atoms. The van der Waals surface area contributed by atoms with Crippen molar-refractivity contribution in [2.24, 2.45) is 28.6 Å². The zero-order chi connectivity index (χ0) is 36.1. The van der Waals surface area contributed by atoms with Crippen LogP contribution >= 0.6 is 0 Å². The van der Waals surface area contributed by atoms with E-state index in [4.69, 9.17) is 23.7 Å². The quantitative estimate of drug-likeness (QED) is 0.111. The summed E-state index contributed by atoms with van der Waals surface area (Å²) in [5, 5.41) is 98.9. The minimum Gasteiger partial charge on any atom is -0.458 e. The second-order valence-electron chi connectivity index (χ2n) is 16.6. The van der Waals surface area contributed by atoms with Gasteiger partial charge in [0.25, 0.3) is 0 Å². The number of aliphatic hydroxyl groups excluding tert-OH is 7. The van der Waals surface area contributed by atoms with Crippen LogP contribution in [0.1, 0.15) is 72.1 Å². The van der Waals surface area contributed by atoms with Crippen molar-refractivity contribution in [2.45, 2.75) is 157 Å². The standard InChI is InChI=1S/C35H54O15/c1-15-29(50-31-27(42)25(40)24(39)21(13-36)49-31)26(41)28(43)30(47-15)48-17-4-7-32(2)23-19(5-8-34(32,44)11-17)35(45)9-6-18(16-10-22(38)46-14-16)33(35,3)12-20(23)37/h10,15,17-21,23-31,36-37,39-45H,4-9,11-14H2,1-3H3/t15-,17+,18-,19+,20-,21+,23-,24+,25-,26-,27+,28+,29-,30-,31-,32-,33-,34+,35+/m1/s1. The molecule has 7 rings (SSSR count). The average molecular weight is 715 g/mol. The molecular formula is C35H54O15. The lowest BCUT2D eigenvalue weighted by molar-refractivity contribution is -0.362. The van der Waals surface area contributed by atoms with Crippen LogP contribution in [0.3, 0.4) is 0 Å². The van der Waals surface area contributed by atoms with E-state index in [0.29, 0.717) is 44.9 Å². The Labute approximate surface area is 290 Å². The molecular weight excluding hydrogens is 660 g/mol. The average Bonchev–Trinajstić information content (AvgIpc) is 3.61. The van der Waals surface area contributed by atoms with Gasteiger partial charge in [-0.1, -0.05) is 13.8 Å². The first kappa shape index (κ1) is 37.0. The Morgan fingerprint density at radius 2 is 1.52 bits per heavy atom. The van der Waals surface area contributed by atoms with Crippen molar-refractivity contribution in [3.8, 4) is 0 Å². The SMILES string of the molecule is C[C@H]1O[C@H](O[C@H]2CC[C@]3(C)[C@H]4[C@H](O)C[C@]5(C)[C@@H](C6=CC(=O)OC6)CC[C@]5(O)[C@H]4CC[C@]3(O)C2)[C@@H](O)[C@@H](O)[C@@H]1O[C@H]1O[C@@H](CO)[C@H](O)[C@@H](O)[C@@H]1O. The lowest BCUT2D eigenvalue weighted by Gasteiger charge is -2.67. The highest BCUT2D eigenvalue weighted by atomic mass is 16.7. The van der Waals surface area contributed by atoms with E-state index in [1.165, 1.54) is 6.08 Å². The zero-order valence-electron chi connectivity index (χ0n) is 28.8. The van der Waals surface area contributed by atoms with E-state index in [2.05, 4.69) is 0 Å². The number of carbonyl (C=O) groups is 1. The van der Waals surface area contributed by atoms with Crippen molar-refractivity contribution < 1.29 is 74.4 Å². The predicted octanol–water partition coefficient (Wildman–Crippen LogP) is -1.63. The summed E-state index contributed by atoms with van der Waals surface area (Å²) < 4.78 is 28.5. The smallest absolute Gasteiger partial charge is 0.331 e. The minimum absolute atomic E-state index is 0.0887. The van der Waals surface area contributed by atoms with Crippen molar-refractivity contribution >= 4 is 5.97 Å². The molecule has 0 spiro atoms. The van der Waals surface area contributed by atoms with Gasteiger partial charge in [-0.2, -0.15) is 0 Å². The predicted molar refractivity (Wildman–Crippen MR) is 168 cm³/mol. The van der Waals surface area contributed by atoms with Gasteiger partial charge in [0.15, 0.2) is 12.6 Å². The van der Waals surface area contributed by atoms with Gasteiger partial charge >= 0.3 is 5.97 Å². The zero-order valence-corrected chi connectivity index (χ0v) is 28.8. The molecule has 19 atom stereocenters. The Morgan fingerprint density at radius 1 is 0.820 bits per heavy atom. The molecule has 4 saturated carbocycles. The van der Waals surface area contributed by atoms with Crippen LogP contribution in [0.4, 0.5) is 0 Å². The first-order chi connectivity index (χ1) is 23.5. The highest BCUT2D eigenvalue weighted by molar-refractivity contribution is 5.85. The molecule has 0 aromatic carbocycles. The Kier molecular flexibility index (Phi) is 9.57. The normalized spacial score (nSPS) is 56.6. The number of fused-ring (bicyclic) bond motifs is 5. The van der Waals surface area contributed by atoms with E-state index in [0.717, 1.165) is 5.57 Å². The van der Waals surface area contributed by atoms with E-state index in [1.54, 1.807) is 6.92 Å². The van der Waals surface area contributed by atoms with Crippen LogP contribution < -0.4 is 0 Å². The summed E-state index contributed by atoms with van der Waals surface area (Å²) in [6.45, 7) is 5.13. The van der Waals surface area contributed by atoms with Gasteiger partial charge in [0.1, 0.15) is 49.3 Å². The van der Waals surface area contributed by atoms with Gasteiger partial charge in [-0.15, -0.1) is 0 Å². The molecule has 9 N–H and O–H groups in total. The number of hydrogen-bond donors (Lipinski definition) is 9. The van der Waals surface area contributed by atoms with Gasteiger partial charge < -0.3 is 69.6 Å². The molecule has 0 radical (unpaired) electrons. The number of cyclic esters (lactones) is 1. The molecule has 3 aliphatic heterocycles. The molecule has 0 aromatic rings. The number of hydrogen-bond acceptors (Lipinski definition) is 15. The molecule has 15 nitrogen and oxygen atoms in total. The molecule has 0 unspecified atom stereocenters. The van der Waals surface area contributed by atoms with E-state index in [9.17, 15) is 50.8 Å². The fraction of sp³-hybridized carbons (Fsp3) is 0.914. The highest BCUT2D eigenvalue weighted by Gasteiger charge is 2.72. The summed E-state index contributed by atoms with van der Waals surface area (Å²) in [6.07, 6.45) is -10.6. The minimum atomic E-state index is -1.71. The molecule has 7 aliphatic rings. The second-order valence-corrected chi connectivity index (χ2v) is 16.6. The number of esters is 1. The van der Waals surface area contributed by atoms with Gasteiger partial charge in [0.05, 0.1) is 36.1 Å². The first-order valence-electron chi connectivity index (χ1n) is 18.1. The molecule has 2 saturated heterocycles. The molecule has 0 amide bonds. The second kappa shape index (κ2) is 12.9. The molecule has 0 bridgehead atoms. The lowest BCUT2D eigenvalue weighted by Crippen LogP contribution is -2.71. The van der Waals surface area contributed by atoms with E-state index in [-0.39, 0.29) is 36.8 Å². The van der Waals surface area contributed by atoms with Crippen LogP contribution in [0.2, 0.25) is 0 Å². The summed E-state index contributed by atoms with van der Waals surface area (Å²) in [5.74, 6) is -1.11. The summed E-state index contributed by atoms with van der Waals surface area (Å²) in [6, 6.07) is 0. The molecule has 6 fully saturated rings. The molecule has 4 aliphatic carbocycles. The van der Waals surface area contributed by atoms with Crippen molar-refractivity contribution in [1.82, 2.24) is 0 Å². The molecule has 3 heterocycles. The number of carbonyl (C=O) groups excluding carboxylic acids is 1. The Balaban J connectivity index is 1.02. The Morgan fingerprint density at radius 3 is 2.20 bits per heavy atom. The van der Waals surface area contributed by atoms with Gasteiger partial charge in [-0.25, -0.2) is 4.79 Å². The fourth-order valence-corrected chi connectivity index (χ4v) is 11.4. The van der Waals surface area contributed by atoms with Crippen LogP contribution in [0.25, 0.3) is 0 Å².